The van der Waals surface area contributed by atoms with Gasteiger partial charge < -0.3 is 4.74 Å². The summed E-state index contributed by atoms with van der Waals surface area (Å²) in [5.41, 5.74) is 0.481. The molecule has 98 valence electrons. The second-order valence-electron chi connectivity index (χ2n) is 4.88. The van der Waals surface area contributed by atoms with E-state index in [0.29, 0.717) is 5.56 Å². The number of esters is 1. The maximum Gasteiger partial charge on any atom is 0.316 e. The Kier molecular flexibility index (Phi) is 3.37. The lowest BCUT2D eigenvalue weighted by molar-refractivity contribution is -0.147. The van der Waals surface area contributed by atoms with Gasteiger partial charge in [0, 0.05) is 12.8 Å². The second-order valence-corrected chi connectivity index (χ2v) is 4.88. The first-order chi connectivity index (χ1) is 8.49. The fraction of sp³-hybridized carbons (Fsp3) is 0.500. The minimum atomic E-state index is -1.61. The van der Waals surface area contributed by atoms with E-state index in [-0.39, 0.29) is 12.8 Å². The maximum atomic E-state index is 13.5. The molecule has 2 rings (SSSR count). The molecule has 3 atom stereocenters. The van der Waals surface area contributed by atoms with E-state index in [1.807, 2.05) is 19.1 Å². The summed E-state index contributed by atoms with van der Waals surface area (Å²) in [6, 6.07) is 7.16. The van der Waals surface area contributed by atoms with Crippen LogP contribution in [0.4, 0.5) is 8.78 Å². The molecule has 1 aliphatic carbocycles. The molecule has 18 heavy (non-hydrogen) atoms. The van der Waals surface area contributed by atoms with E-state index >= 15 is 0 Å². The number of hydrogen-bond donors (Lipinski definition) is 0. The van der Waals surface area contributed by atoms with Crippen LogP contribution in [0.2, 0.25) is 0 Å². The third-order valence-corrected chi connectivity index (χ3v) is 3.66. The van der Waals surface area contributed by atoms with E-state index in [4.69, 9.17) is 4.74 Å². The van der Waals surface area contributed by atoms with Crippen LogP contribution in [0.25, 0.3) is 0 Å². The highest BCUT2D eigenvalue weighted by Crippen LogP contribution is 2.44. The van der Waals surface area contributed by atoms with Crippen LogP contribution in [0.1, 0.15) is 24.0 Å². The molecule has 1 aliphatic rings. The number of hydrogen-bond acceptors (Lipinski definition) is 2. The SMILES string of the molecule is COC(=O)C1(c2ccc(C)cc2)C[C@@H](F)[C@@H](F)C1. The number of aryl methyl sites for hydroxylation is 1. The summed E-state index contributed by atoms with van der Waals surface area (Å²) in [4.78, 5) is 12.0. The molecule has 0 amide bonds. The van der Waals surface area contributed by atoms with Crippen LogP contribution in [0, 0.1) is 6.92 Å². The molecular formula is C14H16F2O2. The maximum absolute atomic E-state index is 13.5. The highest BCUT2D eigenvalue weighted by molar-refractivity contribution is 5.84. The summed E-state index contributed by atoms with van der Waals surface area (Å²) in [5, 5.41) is 0. The highest BCUT2D eigenvalue weighted by atomic mass is 19.2. The average Bonchev–Trinajstić information content (AvgIpc) is 2.66. The standard InChI is InChI=1S/C14H16F2O2/c1-9-3-5-10(6-4-9)14(13(17)18-2)7-11(15)12(16)8-14/h3-6,11-12H,7-8H2,1-2H3/t11-,12+,14?. The van der Waals surface area contributed by atoms with Gasteiger partial charge >= 0.3 is 5.97 Å². The first kappa shape index (κ1) is 13.0. The Balaban J connectivity index is 2.43. The molecule has 1 fully saturated rings. The third kappa shape index (κ3) is 2.00. The Morgan fingerprint density at radius 1 is 1.22 bits per heavy atom. The number of carbonyl (C=O) groups excluding carboxylic acids is 1. The van der Waals surface area contributed by atoms with E-state index in [1.54, 1.807) is 12.1 Å². The number of methoxy groups -OCH3 is 1. The normalized spacial score (nSPS) is 31.3. The zero-order valence-corrected chi connectivity index (χ0v) is 10.5. The number of rotatable bonds is 2. The van der Waals surface area contributed by atoms with Gasteiger partial charge in [-0.05, 0) is 12.5 Å². The fourth-order valence-electron chi connectivity index (χ4n) is 2.59. The number of ether oxygens (including phenoxy) is 1. The van der Waals surface area contributed by atoms with Gasteiger partial charge in [-0.1, -0.05) is 29.8 Å². The van der Waals surface area contributed by atoms with Crippen LogP contribution in [0.3, 0.4) is 0 Å². The zero-order valence-electron chi connectivity index (χ0n) is 10.5. The third-order valence-electron chi connectivity index (χ3n) is 3.66. The minimum absolute atomic E-state index is 0.149. The summed E-state index contributed by atoms with van der Waals surface area (Å²) < 4.78 is 31.7. The lowest BCUT2D eigenvalue weighted by Crippen LogP contribution is -2.35. The molecule has 0 saturated heterocycles. The molecule has 0 N–H and O–H groups in total. The molecule has 0 aromatic heterocycles. The summed E-state index contributed by atoms with van der Waals surface area (Å²) in [5.74, 6) is -0.561. The number of benzene rings is 1. The van der Waals surface area contributed by atoms with Gasteiger partial charge in [-0.15, -0.1) is 0 Å². The number of carbonyl (C=O) groups is 1. The van der Waals surface area contributed by atoms with Crippen molar-refractivity contribution in [2.75, 3.05) is 7.11 Å². The number of alkyl halides is 2. The Hall–Kier alpha value is -1.45. The first-order valence-electron chi connectivity index (χ1n) is 5.93. The molecule has 1 saturated carbocycles. The van der Waals surface area contributed by atoms with Crippen molar-refractivity contribution in [3.8, 4) is 0 Å². The lowest BCUT2D eigenvalue weighted by atomic mass is 9.78. The van der Waals surface area contributed by atoms with Gasteiger partial charge in [0.25, 0.3) is 0 Å². The molecule has 1 aromatic rings. The van der Waals surface area contributed by atoms with Crippen molar-refractivity contribution in [3.63, 3.8) is 0 Å². The van der Waals surface area contributed by atoms with Gasteiger partial charge in [0.15, 0.2) is 0 Å². The molecule has 0 radical (unpaired) electrons. The van der Waals surface area contributed by atoms with E-state index in [0.717, 1.165) is 5.56 Å². The summed E-state index contributed by atoms with van der Waals surface area (Å²) in [6.45, 7) is 1.92. The van der Waals surface area contributed by atoms with E-state index in [2.05, 4.69) is 0 Å². The predicted molar refractivity (Wildman–Crippen MR) is 63.9 cm³/mol. The second kappa shape index (κ2) is 4.67. The highest BCUT2D eigenvalue weighted by Gasteiger charge is 2.53. The van der Waals surface area contributed by atoms with Crippen molar-refractivity contribution in [2.45, 2.75) is 37.5 Å². The summed E-state index contributed by atoms with van der Waals surface area (Å²) >= 11 is 0. The van der Waals surface area contributed by atoms with E-state index < -0.39 is 23.7 Å². The molecule has 0 spiro atoms. The first-order valence-corrected chi connectivity index (χ1v) is 5.93. The molecular weight excluding hydrogens is 238 g/mol. The van der Waals surface area contributed by atoms with Crippen molar-refractivity contribution in [2.24, 2.45) is 0 Å². The molecule has 1 unspecified atom stereocenters. The molecule has 4 heteroatoms. The largest absolute Gasteiger partial charge is 0.468 e. The predicted octanol–water partition coefficient (Wildman–Crippen LogP) is 2.88. The van der Waals surface area contributed by atoms with Crippen molar-refractivity contribution in [3.05, 3.63) is 35.4 Å². The zero-order chi connectivity index (χ0) is 13.3. The van der Waals surface area contributed by atoms with Gasteiger partial charge in [-0.3, -0.25) is 4.79 Å². The molecule has 2 nitrogen and oxygen atoms in total. The average molecular weight is 254 g/mol. The smallest absolute Gasteiger partial charge is 0.316 e. The van der Waals surface area contributed by atoms with Gasteiger partial charge in [0.2, 0.25) is 0 Å². The van der Waals surface area contributed by atoms with Crippen LogP contribution in [-0.2, 0) is 14.9 Å². The van der Waals surface area contributed by atoms with Crippen LogP contribution < -0.4 is 0 Å². The fourth-order valence-corrected chi connectivity index (χ4v) is 2.59. The Bertz CT molecular complexity index is 432. The molecule has 0 bridgehead atoms. The Labute approximate surface area is 105 Å². The van der Waals surface area contributed by atoms with Crippen molar-refractivity contribution >= 4 is 5.97 Å². The van der Waals surface area contributed by atoms with Crippen LogP contribution in [0.15, 0.2) is 24.3 Å². The van der Waals surface area contributed by atoms with Crippen molar-refractivity contribution in [1.29, 1.82) is 0 Å². The topological polar surface area (TPSA) is 26.3 Å². The van der Waals surface area contributed by atoms with Crippen molar-refractivity contribution in [1.82, 2.24) is 0 Å². The number of halogens is 2. The Morgan fingerprint density at radius 2 is 1.72 bits per heavy atom. The lowest BCUT2D eigenvalue weighted by Gasteiger charge is -2.26. The van der Waals surface area contributed by atoms with Crippen LogP contribution in [-0.4, -0.2) is 25.4 Å². The van der Waals surface area contributed by atoms with E-state index in [9.17, 15) is 13.6 Å². The summed E-state index contributed by atoms with van der Waals surface area (Å²) in [6.07, 6.45) is -3.51. The quantitative estimate of drug-likeness (QED) is 0.758. The molecule has 0 heterocycles. The van der Waals surface area contributed by atoms with Crippen molar-refractivity contribution < 1.29 is 18.3 Å². The van der Waals surface area contributed by atoms with Crippen LogP contribution >= 0.6 is 0 Å². The minimum Gasteiger partial charge on any atom is -0.468 e. The van der Waals surface area contributed by atoms with Crippen LogP contribution in [0.5, 0.6) is 0 Å². The van der Waals surface area contributed by atoms with Gasteiger partial charge in [0.1, 0.15) is 12.3 Å². The Morgan fingerprint density at radius 3 is 2.17 bits per heavy atom. The van der Waals surface area contributed by atoms with Gasteiger partial charge in [0.05, 0.1) is 12.5 Å². The summed E-state index contributed by atoms with van der Waals surface area (Å²) in [7, 11) is 1.25. The molecule has 0 aliphatic heterocycles. The molecule has 1 aromatic carbocycles. The van der Waals surface area contributed by atoms with Gasteiger partial charge in [-0.25, -0.2) is 8.78 Å². The van der Waals surface area contributed by atoms with E-state index in [1.165, 1.54) is 7.11 Å². The van der Waals surface area contributed by atoms with Gasteiger partial charge in [-0.2, -0.15) is 0 Å². The monoisotopic (exact) mass is 254 g/mol.